The molecule has 2 aromatic heterocycles. The molecule has 0 amide bonds. The van der Waals surface area contributed by atoms with E-state index in [1.807, 2.05) is 13.0 Å². The van der Waals surface area contributed by atoms with E-state index in [2.05, 4.69) is 4.98 Å². The Morgan fingerprint density at radius 3 is 2.55 bits per heavy atom. The van der Waals surface area contributed by atoms with E-state index in [1.54, 1.807) is 24.3 Å². The van der Waals surface area contributed by atoms with Gasteiger partial charge in [0.1, 0.15) is 6.07 Å². The third-order valence-electron chi connectivity index (χ3n) is 3.27. The lowest BCUT2D eigenvalue weighted by molar-refractivity contribution is 0.589. The molecular weight excluding hydrogens is 322 g/mol. The molecule has 0 atom stereocenters. The lowest BCUT2D eigenvalue weighted by atomic mass is 10.2. The van der Waals surface area contributed by atoms with Gasteiger partial charge in [0, 0.05) is 6.20 Å². The van der Waals surface area contributed by atoms with Crippen molar-refractivity contribution in [3.63, 3.8) is 0 Å². The number of benzene rings is 1. The second-order valence-electron chi connectivity index (χ2n) is 4.76. The molecule has 0 radical (unpaired) electrons. The molecule has 0 bridgehead atoms. The standard InChI is InChI=1S/C15H10ClN3O2S/c1-10-2-4-11(5-3-10)22(20,21)19-7-6-13-15(19)8-12(16)14(9-17)18-13/h2-8H,1H3. The van der Waals surface area contributed by atoms with Gasteiger partial charge in [0.05, 0.1) is 21.0 Å². The van der Waals surface area contributed by atoms with Gasteiger partial charge in [0.15, 0.2) is 5.69 Å². The van der Waals surface area contributed by atoms with Crippen LogP contribution < -0.4 is 0 Å². The first-order chi connectivity index (χ1) is 10.4. The van der Waals surface area contributed by atoms with Crippen molar-refractivity contribution >= 4 is 32.7 Å². The van der Waals surface area contributed by atoms with Gasteiger partial charge in [-0.05, 0) is 31.2 Å². The summed E-state index contributed by atoms with van der Waals surface area (Å²) in [4.78, 5) is 4.23. The van der Waals surface area contributed by atoms with Crippen LogP contribution in [0.5, 0.6) is 0 Å². The molecule has 0 spiro atoms. The molecule has 110 valence electrons. The number of pyridine rings is 1. The Hall–Kier alpha value is -2.36. The minimum atomic E-state index is -3.74. The van der Waals surface area contributed by atoms with E-state index in [9.17, 15) is 8.42 Å². The van der Waals surface area contributed by atoms with Crippen LogP contribution in [0.15, 0.2) is 47.5 Å². The number of hydrogen-bond acceptors (Lipinski definition) is 4. The maximum Gasteiger partial charge on any atom is 0.268 e. The van der Waals surface area contributed by atoms with Crippen molar-refractivity contribution in [3.8, 4) is 6.07 Å². The van der Waals surface area contributed by atoms with Gasteiger partial charge >= 0.3 is 0 Å². The lowest BCUT2D eigenvalue weighted by Crippen LogP contribution is -2.11. The Bertz CT molecular complexity index is 1020. The zero-order valence-corrected chi connectivity index (χ0v) is 13.1. The summed E-state index contributed by atoms with van der Waals surface area (Å²) in [7, 11) is -3.74. The Balaban J connectivity index is 2.24. The Morgan fingerprint density at radius 1 is 1.23 bits per heavy atom. The van der Waals surface area contributed by atoms with E-state index >= 15 is 0 Å². The summed E-state index contributed by atoms with van der Waals surface area (Å²) in [6, 6.07) is 11.4. The molecule has 0 saturated heterocycles. The Kier molecular flexibility index (Phi) is 3.39. The third kappa shape index (κ3) is 2.25. The first-order valence-electron chi connectivity index (χ1n) is 6.33. The van der Waals surface area contributed by atoms with E-state index in [-0.39, 0.29) is 15.6 Å². The third-order valence-corrected chi connectivity index (χ3v) is 5.27. The van der Waals surface area contributed by atoms with Gasteiger partial charge in [-0.3, -0.25) is 0 Å². The van der Waals surface area contributed by atoms with Gasteiger partial charge in [-0.2, -0.15) is 5.26 Å². The van der Waals surface area contributed by atoms with Crippen molar-refractivity contribution in [2.45, 2.75) is 11.8 Å². The molecule has 2 heterocycles. The highest BCUT2D eigenvalue weighted by molar-refractivity contribution is 7.90. The number of aryl methyl sites for hydroxylation is 1. The van der Waals surface area contributed by atoms with Crippen LogP contribution in [0, 0.1) is 18.3 Å². The van der Waals surface area contributed by atoms with Crippen LogP contribution in [-0.2, 0) is 10.0 Å². The van der Waals surface area contributed by atoms with E-state index in [0.717, 1.165) is 9.54 Å². The average molecular weight is 332 g/mol. The minimum absolute atomic E-state index is 0.0691. The second kappa shape index (κ2) is 5.13. The van der Waals surface area contributed by atoms with Gasteiger partial charge in [0.2, 0.25) is 0 Å². The summed E-state index contributed by atoms with van der Waals surface area (Å²) < 4.78 is 26.5. The predicted octanol–water partition coefficient (Wildman–Crippen LogP) is 3.11. The average Bonchev–Trinajstić information content (AvgIpc) is 2.90. The molecule has 3 aromatic rings. The number of rotatable bonds is 2. The highest BCUT2D eigenvalue weighted by atomic mass is 35.5. The fourth-order valence-electron chi connectivity index (χ4n) is 2.12. The predicted molar refractivity (Wildman–Crippen MR) is 83.2 cm³/mol. The normalized spacial score (nSPS) is 11.5. The van der Waals surface area contributed by atoms with Crippen molar-refractivity contribution in [1.29, 1.82) is 5.26 Å². The van der Waals surface area contributed by atoms with Gasteiger partial charge in [-0.15, -0.1) is 0 Å². The van der Waals surface area contributed by atoms with Crippen LogP contribution in [0.25, 0.3) is 11.0 Å². The molecule has 0 aliphatic heterocycles. The largest absolute Gasteiger partial charge is 0.268 e. The van der Waals surface area contributed by atoms with Crippen LogP contribution in [0.2, 0.25) is 5.02 Å². The summed E-state index contributed by atoms with van der Waals surface area (Å²) >= 11 is 5.96. The van der Waals surface area contributed by atoms with Crippen molar-refractivity contribution in [3.05, 3.63) is 58.9 Å². The summed E-state index contributed by atoms with van der Waals surface area (Å²) in [6.45, 7) is 1.88. The molecule has 1 aromatic carbocycles. The number of fused-ring (bicyclic) bond motifs is 1. The quantitative estimate of drug-likeness (QED) is 0.723. The highest BCUT2D eigenvalue weighted by Gasteiger charge is 2.20. The van der Waals surface area contributed by atoms with Crippen LogP contribution in [0.1, 0.15) is 11.3 Å². The topological polar surface area (TPSA) is 75.8 Å². The van der Waals surface area contributed by atoms with Crippen molar-refractivity contribution in [1.82, 2.24) is 8.96 Å². The summed E-state index contributed by atoms with van der Waals surface area (Å²) in [5.41, 5.74) is 1.78. The van der Waals surface area contributed by atoms with Crippen LogP contribution in [0.3, 0.4) is 0 Å². The number of aromatic nitrogens is 2. The summed E-state index contributed by atoms with van der Waals surface area (Å²) in [5.74, 6) is 0. The molecular formula is C15H10ClN3O2S. The fraction of sp³-hybridized carbons (Fsp3) is 0.0667. The van der Waals surface area contributed by atoms with Gasteiger partial charge in [-0.25, -0.2) is 17.4 Å². The minimum Gasteiger partial charge on any atom is -0.239 e. The van der Waals surface area contributed by atoms with E-state index < -0.39 is 10.0 Å². The number of nitrogens with zero attached hydrogens (tertiary/aromatic N) is 3. The van der Waals surface area contributed by atoms with E-state index in [4.69, 9.17) is 16.9 Å². The first kappa shape index (κ1) is 14.6. The van der Waals surface area contributed by atoms with Crippen LogP contribution >= 0.6 is 11.6 Å². The zero-order valence-electron chi connectivity index (χ0n) is 11.5. The Labute approximate surface area is 132 Å². The number of hydrogen-bond donors (Lipinski definition) is 0. The SMILES string of the molecule is Cc1ccc(S(=O)(=O)n2ccc3nc(C#N)c(Cl)cc32)cc1. The smallest absolute Gasteiger partial charge is 0.239 e. The van der Waals surface area contributed by atoms with Gasteiger partial charge in [0.25, 0.3) is 10.0 Å². The van der Waals surface area contributed by atoms with E-state index in [1.165, 1.54) is 18.3 Å². The van der Waals surface area contributed by atoms with Gasteiger partial charge in [-0.1, -0.05) is 29.3 Å². The second-order valence-corrected chi connectivity index (χ2v) is 6.99. The molecule has 0 saturated carbocycles. The van der Waals surface area contributed by atoms with Gasteiger partial charge < -0.3 is 0 Å². The first-order valence-corrected chi connectivity index (χ1v) is 8.15. The maximum atomic E-state index is 12.7. The molecule has 0 fully saturated rings. The van der Waals surface area contributed by atoms with Crippen LogP contribution in [-0.4, -0.2) is 17.4 Å². The molecule has 3 rings (SSSR count). The zero-order chi connectivity index (χ0) is 15.9. The summed E-state index contributed by atoms with van der Waals surface area (Å²) in [6.07, 6.45) is 1.41. The molecule has 0 aliphatic carbocycles. The lowest BCUT2D eigenvalue weighted by Gasteiger charge is -2.08. The summed E-state index contributed by atoms with van der Waals surface area (Å²) in [5, 5.41) is 9.05. The molecule has 22 heavy (non-hydrogen) atoms. The number of halogens is 1. The van der Waals surface area contributed by atoms with Crippen molar-refractivity contribution < 1.29 is 8.42 Å². The highest BCUT2D eigenvalue weighted by Crippen LogP contribution is 2.25. The molecule has 0 aliphatic rings. The van der Waals surface area contributed by atoms with Crippen LogP contribution in [0.4, 0.5) is 0 Å². The Morgan fingerprint density at radius 2 is 1.91 bits per heavy atom. The maximum absolute atomic E-state index is 12.7. The molecule has 0 N–H and O–H groups in total. The van der Waals surface area contributed by atoms with Crippen molar-refractivity contribution in [2.24, 2.45) is 0 Å². The molecule has 0 unspecified atom stereocenters. The fourth-order valence-corrected chi connectivity index (χ4v) is 3.64. The van der Waals surface area contributed by atoms with Crippen molar-refractivity contribution in [2.75, 3.05) is 0 Å². The molecule has 5 nitrogen and oxygen atoms in total. The molecule has 7 heteroatoms. The number of nitriles is 1. The van der Waals surface area contributed by atoms with E-state index in [0.29, 0.717) is 11.0 Å². The monoisotopic (exact) mass is 331 g/mol.